The van der Waals surface area contributed by atoms with E-state index in [1.807, 2.05) is 30.3 Å². The maximum Gasteiger partial charge on any atom is 0.416 e. The van der Waals surface area contributed by atoms with Gasteiger partial charge in [-0.2, -0.15) is 18.3 Å². The number of alkyl halides is 3. The van der Waals surface area contributed by atoms with Crippen LogP contribution in [0, 0.1) is 0 Å². The lowest BCUT2D eigenvalue weighted by molar-refractivity contribution is -0.137. The van der Waals surface area contributed by atoms with Crippen molar-refractivity contribution in [2.75, 3.05) is 6.61 Å². The molecule has 0 bridgehead atoms. The normalized spacial score (nSPS) is 11.6. The van der Waals surface area contributed by atoms with Gasteiger partial charge in [0.1, 0.15) is 5.69 Å². The van der Waals surface area contributed by atoms with Crippen LogP contribution in [0.25, 0.3) is 22.0 Å². The number of ether oxygens (including phenoxy) is 2. The van der Waals surface area contributed by atoms with Gasteiger partial charge in [-0.15, -0.1) is 0 Å². The number of nitrogens with zero attached hydrogens (tertiary/aromatic N) is 1. The van der Waals surface area contributed by atoms with Crippen molar-refractivity contribution in [3.8, 4) is 22.6 Å². The van der Waals surface area contributed by atoms with Gasteiger partial charge in [0.25, 0.3) is 5.91 Å². The molecule has 5 aromatic rings. The number of aromatic nitrogens is 1. The minimum atomic E-state index is -4.61. The molecule has 44 heavy (non-hydrogen) atoms. The summed E-state index contributed by atoms with van der Waals surface area (Å²) in [6.07, 6.45) is -3.26. The Morgan fingerprint density at radius 1 is 0.955 bits per heavy atom. The SMILES string of the molecule is CCOc1cc(C=NNC(=O)c2[nH]c3c(Cl)cc(Cl)cc3c2-c2ccccc2)ccc1OC(=O)c1cccc(C(F)(F)F)c1. The molecule has 0 unspecified atom stereocenters. The highest BCUT2D eigenvalue weighted by Crippen LogP contribution is 2.38. The minimum Gasteiger partial charge on any atom is -0.490 e. The summed E-state index contributed by atoms with van der Waals surface area (Å²) in [5, 5.41) is 5.49. The number of esters is 1. The summed E-state index contributed by atoms with van der Waals surface area (Å²) < 4.78 is 50.1. The van der Waals surface area contributed by atoms with Crippen molar-refractivity contribution in [3.63, 3.8) is 0 Å². The van der Waals surface area contributed by atoms with Gasteiger partial charge < -0.3 is 14.5 Å². The van der Waals surface area contributed by atoms with E-state index in [1.54, 1.807) is 19.1 Å². The van der Waals surface area contributed by atoms with Crippen LogP contribution in [0.5, 0.6) is 11.5 Å². The quantitative estimate of drug-likeness (QED) is 0.0770. The van der Waals surface area contributed by atoms with Crippen molar-refractivity contribution in [1.29, 1.82) is 0 Å². The number of H-pyrrole nitrogens is 1. The molecule has 2 N–H and O–H groups in total. The van der Waals surface area contributed by atoms with Crippen molar-refractivity contribution in [3.05, 3.63) is 117 Å². The van der Waals surface area contributed by atoms with E-state index in [-0.39, 0.29) is 29.4 Å². The van der Waals surface area contributed by atoms with E-state index < -0.39 is 23.6 Å². The van der Waals surface area contributed by atoms with Gasteiger partial charge in [0.15, 0.2) is 11.5 Å². The second-order valence-corrected chi connectivity index (χ2v) is 10.2. The van der Waals surface area contributed by atoms with Crippen LogP contribution in [0.4, 0.5) is 13.2 Å². The number of hydrogen-bond donors (Lipinski definition) is 2. The van der Waals surface area contributed by atoms with Gasteiger partial charge in [-0.1, -0.05) is 59.6 Å². The number of rotatable bonds is 8. The summed E-state index contributed by atoms with van der Waals surface area (Å²) in [7, 11) is 0. The standard InChI is InChI=1S/C32H22Cl2F3N3O4/c1-2-43-26-13-18(11-12-25(26)44-31(42)20-9-6-10-21(14-20)32(35,36)37)17-38-40-30(41)29-27(19-7-4-3-5-8-19)23-15-22(33)16-24(34)28(23)39-29/h3-17,39H,2H2,1H3,(H,40,41). The van der Waals surface area contributed by atoms with Crippen LogP contribution < -0.4 is 14.9 Å². The molecule has 1 amide bonds. The van der Waals surface area contributed by atoms with Crippen LogP contribution in [-0.2, 0) is 6.18 Å². The fraction of sp³-hybridized carbons (Fsp3) is 0.0938. The number of carbonyl (C=O) groups is 2. The Balaban J connectivity index is 1.37. The number of amides is 1. The minimum absolute atomic E-state index is 0.00318. The Morgan fingerprint density at radius 3 is 2.45 bits per heavy atom. The Kier molecular flexibility index (Phi) is 8.93. The molecule has 0 atom stereocenters. The molecule has 0 spiro atoms. The summed E-state index contributed by atoms with van der Waals surface area (Å²) in [6.45, 7) is 1.92. The highest BCUT2D eigenvalue weighted by Gasteiger charge is 2.31. The maximum atomic E-state index is 13.3. The topological polar surface area (TPSA) is 92.8 Å². The van der Waals surface area contributed by atoms with Crippen molar-refractivity contribution in [2.24, 2.45) is 5.10 Å². The predicted molar refractivity (Wildman–Crippen MR) is 163 cm³/mol. The van der Waals surface area contributed by atoms with Crippen LogP contribution in [0.2, 0.25) is 10.0 Å². The molecule has 7 nitrogen and oxygen atoms in total. The lowest BCUT2D eigenvalue weighted by atomic mass is 10.0. The molecule has 0 fully saturated rings. The molecular formula is C32H22Cl2F3N3O4. The molecule has 0 aliphatic heterocycles. The number of nitrogens with one attached hydrogen (secondary N) is 2. The summed E-state index contributed by atoms with van der Waals surface area (Å²) in [4.78, 5) is 29.0. The first-order valence-corrected chi connectivity index (χ1v) is 13.9. The Hall–Kier alpha value is -4.80. The summed E-state index contributed by atoms with van der Waals surface area (Å²) in [5.74, 6) is -1.38. The number of hydrogen-bond acceptors (Lipinski definition) is 5. The van der Waals surface area contributed by atoms with Crippen LogP contribution in [0.15, 0.2) is 90.0 Å². The Labute approximate surface area is 259 Å². The maximum absolute atomic E-state index is 13.3. The van der Waals surface area contributed by atoms with Crippen LogP contribution in [0.3, 0.4) is 0 Å². The second kappa shape index (κ2) is 12.8. The van der Waals surface area contributed by atoms with Crippen LogP contribution in [0.1, 0.15) is 38.9 Å². The number of halogens is 5. The van der Waals surface area contributed by atoms with Gasteiger partial charge in [-0.05, 0) is 66.6 Å². The number of fused-ring (bicyclic) bond motifs is 1. The van der Waals surface area contributed by atoms with Crippen molar-refractivity contribution >= 4 is 52.2 Å². The third-order valence-corrected chi connectivity index (χ3v) is 6.91. The number of hydrazone groups is 1. The zero-order chi connectivity index (χ0) is 31.4. The smallest absolute Gasteiger partial charge is 0.416 e. The van der Waals surface area contributed by atoms with E-state index in [2.05, 4.69) is 15.5 Å². The van der Waals surface area contributed by atoms with E-state index in [9.17, 15) is 22.8 Å². The van der Waals surface area contributed by atoms with E-state index >= 15 is 0 Å². The average Bonchev–Trinajstić information content (AvgIpc) is 3.38. The van der Waals surface area contributed by atoms with Crippen molar-refractivity contribution in [1.82, 2.24) is 10.4 Å². The molecule has 4 aromatic carbocycles. The molecule has 0 saturated heterocycles. The Bertz CT molecular complexity index is 1890. The van der Waals surface area contributed by atoms with Gasteiger partial charge >= 0.3 is 12.1 Å². The summed E-state index contributed by atoms with van der Waals surface area (Å²) in [6, 6.07) is 20.9. The lowest BCUT2D eigenvalue weighted by Gasteiger charge is -2.12. The van der Waals surface area contributed by atoms with E-state index in [4.69, 9.17) is 32.7 Å². The fourth-order valence-electron chi connectivity index (χ4n) is 4.46. The summed E-state index contributed by atoms with van der Waals surface area (Å²) >= 11 is 12.7. The zero-order valence-corrected chi connectivity index (χ0v) is 24.3. The first-order valence-electron chi connectivity index (χ1n) is 13.1. The molecule has 0 aliphatic carbocycles. The Morgan fingerprint density at radius 2 is 1.73 bits per heavy atom. The van der Waals surface area contributed by atoms with Gasteiger partial charge in [-0.3, -0.25) is 4.79 Å². The highest BCUT2D eigenvalue weighted by molar-refractivity contribution is 6.39. The van der Waals surface area contributed by atoms with E-state index in [1.165, 1.54) is 30.5 Å². The monoisotopic (exact) mass is 639 g/mol. The molecule has 5 rings (SSSR count). The second-order valence-electron chi connectivity index (χ2n) is 9.36. The largest absolute Gasteiger partial charge is 0.490 e. The third kappa shape index (κ3) is 6.72. The lowest BCUT2D eigenvalue weighted by Crippen LogP contribution is -2.18. The van der Waals surface area contributed by atoms with Gasteiger partial charge in [0, 0.05) is 16.0 Å². The molecule has 12 heteroatoms. The number of benzene rings is 4. The van der Waals surface area contributed by atoms with Gasteiger partial charge in [0.05, 0.1) is 34.5 Å². The van der Waals surface area contributed by atoms with Crippen LogP contribution >= 0.6 is 23.2 Å². The van der Waals surface area contributed by atoms with E-state index in [0.717, 1.165) is 17.7 Å². The first kappa shape index (κ1) is 30.7. The molecule has 224 valence electrons. The zero-order valence-electron chi connectivity index (χ0n) is 22.8. The van der Waals surface area contributed by atoms with Crippen molar-refractivity contribution < 1.29 is 32.2 Å². The predicted octanol–water partition coefficient (Wildman–Crippen LogP) is 8.54. The third-order valence-electron chi connectivity index (χ3n) is 6.39. The van der Waals surface area contributed by atoms with Gasteiger partial charge in [0.2, 0.25) is 0 Å². The number of aromatic amines is 1. The molecule has 0 aliphatic rings. The molecule has 0 radical (unpaired) electrons. The highest BCUT2D eigenvalue weighted by atomic mass is 35.5. The number of carbonyl (C=O) groups excluding carboxylic acids is 2. The molecule has 0 saturated carbocycles. The molecular weight excluding hydrogens is 618 g/mol. The van der Waals surface area contributed by atoms with Crippen molar-refractivity contribution in [2.45, 2.75) is 13.1 Å². The van der Waals surface area contributed by atoms with Gasteiger partial charge in [-0.25, -0.2) is 10.2 Å². The average molecular weight is 640 g/mol. The van der Waals surface area contributed by atoms with E-state index in [0.29, 0.717) is 38.1 Å². The summed E-state index contributed by atoms with van der Waals surface area (Å²) in [5.41, 5.74) is 3.86. The fourth-order valence-corrected chi connectivity index (χ4v) is 5.00. The van der Waals surface area contributed by atoms with Crippen LogP contribution in [-0.4, -0.2) is 29.7 Å². The molecule has 1 aromatic heterocycles. The molecule has 1 heterocycles. The first-order chi connectivity index (χ1) is 21.0.